The first-order valence-electron chi connectivity index (χ1n) is 12.4. The standard InChI is InChI=1S/C28H29N7O2/c1-4-14-37-28(36)29-21-15-18(3)26-24(16-21)35(25(5-2)30-26)17-19-10-12-20(13-11-19)22-8-6-7-9-23(22)27-31-33-34-32-27/h6-13,15-16H,4-5,14,17H2,1-3H3,(H,29,36)(H,31,32,33,34). The van der Waals surface area contributed by atoms with Gasteiger partial charge in [-0.1, -0.05) is 62.4 Å². The Hall–Kier alpha value is -4.53. The third-order valence-corrected chi connectivity index (χ3v) is 6.24. The number of nitrogens with zero attached hydrogens (tertiary/aromatic N) is 5. The van der Waals surface area contributed by atoms with E-state index in [9.17, 15) is 4.79 Å². The van der Waals surface area contributed by atoms with Gasteiger partial charge in [0.2, 0.25) is 5.82 Å². The van der Waals surface area contributed by atoms with Gasteiger partial charge in [0, 0.05) is 24.2 Å². The number of carbonyl (C=O) groups excluding carboxylic acids is 1. The van der Waals surface area contributed by atoms with Crippen LogP contribution < -0.4 is 5.32 Å². The first-order valence-corrected chi connectivity index (χ1v) is 12.4. The Morgan fingerprint density at radius 2 is 1.84 bits per heavy atom. The average Bonchev–Trinajstić information content (AvgIpc) is 3.57. The van der Waals surface area contributed by atoms with E-state index in [1.165, 1.54) is 0 Å². The van der Waals surface area contributed by atoms with Gasteiger partial charge in [0.25, 0.3) is 0 Å². The van der Waals surface area contributed by atoms with E-state index in [2.05, 4.69) is 67.8 Å². The van der Waals surface area contributed by atoms with Crippen molar-refractivity contribution < 1.29 is 9.53 Å². The number of amides is 1. The molecule has 188 valence electrons. The molecule has 0 aliphatic rings. The zero-order valence-corrected chi connectivity index (χ0v) is 21.2. The van der Waals surface area contributed by atoms with E-state index >= 15 is 0 Å². The third kappa shape index (κ3) is 5.06. The topological polar surface area (TPSA) is 111 Å². The highest BCUT2D eigenvalue weighted by atomic mass is 16.5. The molecule has 0 unspecified atom stereocenters. The number of hydrogen-bond acceptors (Lipinski definition) is 6. The number of aromatic amines is 1. The molecule has 2 aromatic heterocycles. The summed E-state index contributed by atoms with van der Waals surface area (Å²) in [7, 11) is 0. The van der Waals surface area contributed by atoms with Crippen LogP contribution in [-0.2, 0) is 17.7 Å². The summed E-state index contributed by atoms with van der Waals surface area (Å²) in [5.41, 5.74) is 7.80. The molecule has 0 saturated heterocycles. The van der Waals surface area contributed by atoms with Crippen molar-refractivity contribution >= 4 is 22.8 Å². The van der Waals surface area contributed by atoms with Crippen LogP contribution >= 0.6 is 0 Å². The van der Waals surface area contributed by atoms with Crippen molar-refractivity contribution in [2.45, 2.75) is 40.2 Å². The number of fused-ring (bicyclic) bond motifs is 1. The van der Waals surface area contributed by atoms with Gasteiger partial charge in [-0.3, -0.25) is 5.32 Å². The SMILES string of the molecule is CCCOC(=O)Nc1cc(C)c2nc(CC)n(Cc3ccc(-c4ccccc4-c4nn[nH]n4)cc3)c2c1. The lowest BCUT2D eigenvalue weighted by Crippen LogP contribution is -2.14. The minimum Gasteiger partial charge on any atom is -0.449 e. The van der Waals surface area contributed by atoms with E-state index in [4.69, 9.17) is 9.72 Å². The molecule has 9 heteroatoms. The lowest BCUT2D eigenvalue weighted by atomic mass is 9.98. The molecular formula is C28H29N7O2. The quantitative estimate of drug-likeness (QED) is 0.283. The van der Waals surface area contributed by atoms with Crippen LogP contribution in [0.25, 0.3) is 33.5 Å². The number of carbonyl (C=O) groups is 1. The molecule has 1 amide bonds. The minimum absolute atomic E-state index is 0.389. The molecule has 5 rings (SSSR count). The average molecular weight is 496 g/mol. The Bertz CT molecular complexity index is 1520. The Labute approximate surface area is 214 Å². The number of nitrogens with one attached hydrogen (secondary N) is 2. The van der Waals surface area contributed by atoms with E-state index in [1.807, 2.05) is 44.2 Å². The maximum Gasteiger partial charge on any atom is 0.411 e. The fourth-order valence-electron chi connectivity index (χ4n) is 4.49. The monoisotopic (exact) mass is 495 g/mol. The second-order valence-electron chi connectivity index (χ2n) is 8.87. The lowest BCUT2D eigenvalue weighted by molar-refractivity contribution is 0.161. The van der Waals surface area contributed by atoms with Crippen molar-refractivity contribution in [1.29, 1.82) is 0 Å². The molecule has 0 atom stereocenters. The van der Waals surface area contributed by atoms with Crippen molar-refractivity contribution in [1.82, 2.24) is 30.2 Å². The van der Waals surface area contributed by atoms with Gasteiger partial charge in [-0.05, 0) is 52.9 Å². The largest absolute Gasteiger partial charge is 0.449 e. The molecule has 3 aromatic carbocycles. The summed E-state index contributed by atoms with van der Waals surface area (Å²) in [4.78, 5) is 17.0. The van der Waals surface area contributed by atoms with Gasteiger partial charge in [0.05, 0.1) is 17.6 Å². The predicted molar refractivity (Wildman–Crippen MR) is 143 cm³/mol. The van der Waals surface area contributed by atoms with Crippen LogP contribution in [0, 0.1) is 6.92 Å². The van der Waals surface area contributed by atoms with Crippen molar-refractivity contribution in [3.8, 4) is 22.5 Å². The summed E-state index contributed by atoms with van der Waals surface area (Å²) >= 11 is 0. The molecule has 0 aliphatic heterocycles. The van der Waals surface area contributed by atoms with E-state index < -0.39 is 6.09 Å². The summed E-state index contributed by atoms with van der Waals surface area (Å²) < 4.78 is 7.41. The van der Waals surface area contributed by atoms with Gasteiger partial charge in [0.1, 0.15) is 5.82 Å². The molecule has 0 radical (unpaired) electrons. The number of benzene rings is 3. The van der Waals surface area contributed by atoms with Crippen LogP contribution in [0.4, 0.5) is 10.5 Å². The molecular weight excluding hydrogens is 466 g/mol. The number of aromatic nitrogens is 6. The minimum atomic E-state index is -0.445. The number of hydrogen-bond donors (Lipinski definition) is 2. The first-order chi connectivity index (χ1) is 18.1. The number of tetrazole rings is 1. The van der Waals surface area contributed by atoms with Crippen LogP contribution in [0.15, 0.2) is 60.7 Å². The van der Waals surface area contributed by atoms with Gasteiger partial charge in [-0.2, -0.15) is 5.21 Å². The smallest absolute Gasteiger partial charge is 0.411 e. The fraction of sp³-hybridized carbons (Fsp3) is 0.250. The Morgan fingerprint density at radius 1 is 1.05 bits per heavy atom. The van der Waals surface area contributed by atoms with Crippen molar-refractivity contribution in [2.75, 3.05) is 11.9 Å². The zero-order chi connectivity index (χ0) is 25.8. The number of aryl methyl sites for hydroxylation is 2. The first kappa shape index (κ1) is 24.2. The van der Waals surface area contributed by atoms with Crippen LogP contribution in [-0.4, -0.2) is 42.9 Å². The fourth-order valence-corrected chi connectivity index (χ4v) is 4.49. The summed E-state index contributed by atoms with van der Waals surface area (Å²) in [6, 6.07) is 20.4. The van der Waals surface area contributed by atoms with Crippen LogP contribution in [0.3, 0.4) is 0 Å². The van der Waals surface area contributed by atoms with E-state index in [0.29, 0.717) is 24.7 Å². The Morgan fingerprint density at radius 3 is 2.54 bits per heavy atom. The molecule has 2 N–H and O–H groups in total. The molecule has 0 aliphatic carbocycles. The maximum atomic E-state index is 12.1. The number of H-pyrrole nitrogens is 1. The number of rotatable bonds is 8. The van der Waals surface area contributed by atoms with Gasteiger partial charge in [-0.15, -0.1) is 10.2 Å². The Kier molecular flexibility index (Phi) is 6.93. The molecule has 0 bridgehead atoms. The van der Waals surface area contributed by atoms with Gasteiger partial charge in [0.15, 0.2) is 0 Å². The third-order valence-electron chi connectivity index (χ3n) is 6.24. The molecule has 9 nitrogen and oxygen atoms in total. The summed E-state index contributed by atoms with van der Waals surface area (Å²) in [6.45, 7) is 7.13. The normalized spacial score (nSPS) is 11.1. The number of ether oxygens (including phenoxy) is 1. The summed E-state index contributed by atoms with van der Waals surface area (Å²) in [5, 5.41) is 17.4. The number of anilines is 1. The van der Waals surface area contributed by atoms with Crippen molar-refractivity contribution in [3.63, 3.8) is 0 Å². The van der Waals surface area contributed by atoms with Crippen LogP contribution in [0.2, 0.25) is 0 Å². The molecule has 5 aromatic rings. The highest BCUT2D eigenvalue weighted by Crippen LogP contribution is 2.30. The van der Waals surface area contributed by atoms with Gasteiger partial charge < -0.3 is 9.30 Å². The number of imidazole rings is 1. The molecule has 37 heavy (non-hydrogen) atoms. The lowest BCUT2D eigenvalue weighted by Gasteiger charge is -2.12. The molecule has 0 fully saturated rings. The predicted octanol–water partition coefficient (Wildman–Crippen LogP) is 5.76. The molecule has 0 spiro atoms. The Balaban J connectivity index is 1.45. The van der Waals surface area contributed by atoms with Crippen LogP contribution in [0.5, 0.6) is 0 Å². The second-order valence-corrected chi connectivity index (χ2v) is 8.87. The zero-order valence-electron chi connectivity index (χ0n) is 21.2. The van der Waals surface area contributed by atoms with Gasteiger partial charge >= 0.3 is 6.09 Å². The van der Waals surface area contributed by atoms with Gasteiger partial charge in [-0.25, -0.2) is 9.78 Å². The summed E-state index contributed by atoms with van der Waals surface area (Å²) in [6.07, 6.45) is 1.13. The van der Waals surface area contributed by atoms with E-state index in [1.54, 1.807) is 0 Å². The van der Waals surface area contributed by atoms with E-state index in [0.717, 1.165) is 57.5 Å². The summed E-state index contributed by atoms with van der Waals surface area (Å²) in [5.74, 6) is 1.56. The van der Waals surface area contributed by atoms with Crippen molar-refractivity contribution in [3.05, 3.63) is 77.6 Å². The molecule has 0 saturated carbocycles. The van der Waals surface area contributed by atoms with Crippen LogP contribution in [0.1, 0.15) is 37.2 Å². The highest BCUT2D eigenvalue weighted by molar-refractivity contribution is 5.90. The molecule has 2 heterocycles. The van der Waals surface area contributed by atoms with Crippen molar-refractivity contribution in [2.24, 2.45) is 0 Å². The highest BCUT2D eigenvalue weighted by Gasteiger charge is 2.15. The van der Waals surface area contributed by atoms with E-state index in [-0.39, 0.29) is 0 Å². The second kappa shape index (κ2) is 10.6. The maximum absolute atomic E-state index is 12.1.